The molecular weight excluding hydrogens is 164 g/mol. The SMILES string of the molecule is N#CC1C=CC(O)=C2N=CC=CC21. The van der Waals surface area contributed by atoms with Gasteiger partial charge in [-0.2, -0.15) is 5.26 Å². The van der Waals surface area contributed by atoms with Crippen molar-refractivity contribution in [2.24, 2.45) is 16.8 Å². The molecule has 2 atom stereocenters. The van der Waals surface area contributed by atoms with Gasteiger partial charge in [0.25, 0.3) is 0 Å². The van der Waals surface area contributed by atoms with Gasteiger partial charge >= 0.3 is 0 Å². The van der Waals surface area contributed by atoms with Gasteiger partial charge in [-0.25, -0.2) is 0 Å². The molecule has 0 spiro atoms. The molecule has 2 aliphatic rings. The van der Waals surface area contributed by atoms with Gasteiger partial charge in [-0.3, -0.25) is 4.99 Å². The summed E-state index contributed by atoms with van der Waals surface area (Å²) in [5, 5.41) is 18.3. The van der Waals surface area contributed by atoms with E-state index >= 15 is 0 Å². The molecule has 0 fully saturated rings. The van der Waals surface area contributed by atoms with Gasteiger partial charge in [0.05, 0.1) is 17.7 Å². The summed E-state index contributed by atoms with van der Waals surface area (Å²) in [5.74, 6) is -0.128. The molecule has 3 nitrogen and oxygen atoms in total. The number of allylic oxidation sites excluding steroid dienone is 4. The molecule has 3 heteroatoms. The number of hydrogen-bond donors (Lipinski definition) is 1. The van der Waals surface area contributed by atoms with E-state index in [-0.39, 0.29) is 17.6 Å². The molecule has 0 aromatic rings. The Bertz CT molecular complexity index is 382. The largest absolute Gasteiger partial charge is 0.506 e. The van der Waals surface area contributed by atoms with Crippen molar-refractivity contribution >= 4 is 6.21 Å². The zero-order valence-corrected chi connectivity index (χ0v) is 6.88. The summed E-state index contributed by atoms with van der Waals surface area (Å²) >= 11 is 0. The highest BCUT2D eigenvalue weighted by molar-refractivity contribution is 5.74. The molecule has 1 aliphatic heterocycles. The molecule has 0 saturated heterocycles. The first kappa shape index (κ1) is 7.81. The first-order chi connectivity index (χ1) is 6.33. The first-order valence-electron chi connectivity index (χ1n) is 4.05. The van der Waals surface area contributed by atoms with Crippen LogP contribution in [-0.4, -0.2) is 11.3 Å². The molecule has 1 N–H and O–H groups in total. The third-order valence-electron chi connectivity index (χ3n) is 2.19. The van der Waals surface area contributed by atoms with Crippen LogP contribution in [0.2, 0.25) is 0 Å². The van der Waals surface area contributed by atoms with Gasteiger partial charge in [-0.05, 0) is 12.2 Å². The Morgan fingerprint density at radius 3 is 3.08 bits per heavy atom. The van der Waals surface area contributed by atoms with Crippen molar-refractivity contribution in [2.75, 3.05) is 0 Å². The Labute approximate surface area is 76.0 Å². The van der Waals surface area contributed by atoms with E-state index in [2.05, 4.69) is 11.1 Å². The van der Waals surface area contributed by atoms with Gasteiger partial charge in [0.2, 0.25) is 0 Å². The number of hydrogen-bond acceptors (Lipinski definition) is 3. The van der Waals surface area contributed by atoms with Crippen molar-refractivity contribution in [3.63, 3.8) is 0 Å². The summed E-state index contributed by atoms with van der Waals surface area (Å²) in [5.41, 5.74) is 0.594. The fourth-order valence-corrected chi connectivity index (χ4v) is 1.52. The summed E-state index contributed by atoms with van der Waals surface area (Å²) in [7, 11) is 0. The number of nitrogens with zero attached hydrogens (tertiary/aromatic N) is 2. The maximum absolute atomic E-state index is 9.45. The molecular formula is C10H8N2O. The number of aliphatic imine (C=N–C) groups is 1. The third-order valence-corrected chi connectivity index (χ3v) is 2.19. The number of rotatable bonds is 0. The number of fused-ring (bicyclic) bond motifs is 1. The van der Waals surface area contributed by atoms with E-state index in [4.69, 9.17) is 5.26 Å². The Morgan fingerprint density at radius 1 is 1.46 bits per heavy atom. The lowest BCUT2D eigenvalue weighted by Crippen LogP contribution is -2.17. The van der Waals surface area contributed by atoms with E-state index in [0.717, 1.165) is 0 Å². The highest BCUT2D eigenvalue weighted by Crippen LogP contribution is 2.32. The van der Waals surface area contributed by atoms with Gasteiger partial charge in [-0.1, -0.05) is 12.2 Å². The van der Waals surface area contributed by atoms with Crippen molar-refractivity contribution in [1.29, 1.82) is 5.26 Å². The van der Waals surface area contributed by atoms with Crippen LogP contribution in [0.15, 0.2) is 40.8 Å². The minimum Gasteiger partial charge on any atom is -0.506 e. The van der Waals surface area contributed by atoms with E-state index in [9.17, 15) is 5.11 Å². The average Bonchev–Trinajstić information content (AvgIpc) is 2.19. The van der Waals surface area contributed by atoms with Crippen LogP contribution in [0.4, 0.5) is 0 Å². The highest BCUT2D eigenvalue weighted by atomic mass is 16.3. The summed E-state index contributed by atoms with van der Waals surface area (Å²) in [6.07, 6.45) is 8.54. The van der Waals surface area contributed by atoms with E-state index in [0.29, 0.717) is 5.70 Å². The Kier molecular flexibility index (Phi) is 1.75. The minimum absolute atomic E-state index is 0.0833. The predicted molar refractivity (Wildman–Crippen MR) is 49.0 cm³/mol. The normalized spacial score (nSPS) is 30.1. The van der Waals surface area contributed by atoms with Crippen molar-refractivity contribution in [1.82, 2.24) is 0 Å². The molecule has 64 valence electrons. The van der Waals surface area contributed by atoms with E-state index in [1.165, 1.54) is 6.08 Å². The summed E-state index contributed by atoms with van der Waals surface area (Å²) < 4.78 is 0. The number of nitriles is 1. The lowest BCUT2D eigenvalue weighted by Gasteiger charge is -2.22. The van der Waals surface area contributed by atoms with Gasteiger partial charge in [-0.15, -0.1) is 0 Å². The molecule has 0 radical (unpaired) electrons. The Morgan fingerprint density at radius 2 is 2.31 bits per heavy atom. The maximum Gasteiger partial charge on any atom is 0.137 e. The first-order valence-corrected chi connectivity index (χ1v) is 4.05. The molecule has 1 aliphatic carbocycles. The molecule has 0 amide bonds. The zero-order valence-electron chi connectivity index (χ0n) is 6.88. The second-order valence-electron chi connectivity index (χ2n) is 2.97. The quantitative estimate of drug-likeness (QED) is 0.604. The Balaban J connectivity index is 2.45. The minimum atomic E-state index is -0.209. The van der Waals surface area contributed by atoms with Crippen LogP contribution in [0.5, 0.6) is 0 Å². The summed E-state index contributed by atoms with van der Waals surface area (Å²) in [6, 6.07) is 2.17. The van der Waals surface area contributed by atoms with Crippen LogP contribution < -0.4 is 0 Å². The fraction of sp³-hybridized carbons (Fsp3) is 0.200. The average molecular weight is 172 g/mol. The molecule has 0 saturated carbocycles. The second-order valence-corrected chi connectivity index (χ2v) is 2.97. The van der Waals surface area contributed by atoms with Crippen molar-refractivity contribution in [3.8, 4) is 6.07 Å². The van der Waals surface area contributed by atoms with Crippen LogP contribution in [0, 0.1) is 23.2 Å². The molecule has 0 aromatic heterocycles. The maximum atomic E-state index is 9.45. The van der Waals surface area contributed by atoms with Crippen LogP contribution in [0.1, 0.15) is 0 Å². The summed E-state index contributed by atoms with van der Waals surface area (Å²) in [6.45, 7) is 0. The van der Waals surface area contributed by atoms with Crippen molar-refractivity contribution in [2.45, 2.75) is 0 Å². The van der Waals surface area contributed by atoms with E-state index in [1.807, 2.05) is 6.08 Å². The predicted octanol–water partition coefficient (Wildman–Crippen LogP) is 1.72. The van der Waals surface area contributed by atoms with Crippen molar-refractivity contribution in [3.05, 3.63) is 35.8 Å². The number of aliphatic hydroxyl groups is 1. The lowest BCUT2D eigenvalue weighted by atomic mass is 9.85. The molecule has 0 aromatic carbocycles. The Hall–Kier alpha value is -1.82. The lowest BCUT2D eigenvalue weighted by molar-refractivity contribution is 0.404. The van der Waals surface area contributed by atoms with Crippen LogP contribution >= 0.6 is 0 Å². The van der Waals surface area contributed by atoms with Crippen LogP contribution in [0.25, 0.3) is 0 Å². The van der Waals surface area contributed by atoms with E-state index in [1.54, 1.807) is 18.4 Å². The monoisotopic (exact) mass is 172 g/mol. The molecule has 13 heavy (non-hydrogen) atoms. The van der Waals surface area contributed by atoms with Gasteiger partial charge < -0.3 is 5.11 Å². The van der Waals surface area contributed by atoms with Gasteiger partial charge in [0, 0.05) is 12.1 Å². The number of aliphatic hydroxyl groups excluding tert-OH is 1. The third kappa shape index (κ3) is 1.17. The van der Waals surface area contributed by atoms with Crippen LogP contribution in [-0.2, 0) is 0 Å². The molecule has 2 rings (SSSR count). The van der Waals surface area contributed by atoms with Gasteiger partial charge in [0.15, 0.2) is 0 Å². The number of dihydropyridines is 1. The molecule has 2 unspecified atom stereocenters. The second kappa shape index (κ2) is 2.91. The van der Waals surface area contributed by atoms with Gasteiger partial charge in [0.1, 0.15) is 5.76 Å². The zero-order chi connectivity index (χ0) is 9.26. The molecule has 1 heterocycles. The smallest absolute Gasteiger partial charge is 0.137 e. The molecule has 0 bridgehead atoms. The highest BCUT2D eigenvalue weighted by Gasteiger charge is 2.27. The fourth-order valence-electron chi connectivity index (χ4n) is 1.52. The standard InChI is InChI=1S/C10H8N2O/c11-6-7-3-4-9(13)10-8(7)2-1-5-12-10/h1-5,7-8,13H. The van der Waals surface area contributed by atoms with Crippen molar-refractivity contribution < 1.29 is 5.11 Å². The van der Waals surface area contributed by atoms with Crippen LogP contribution in [0.3, 0.4) is 0 Å². The van der Waals surface area contributed by atoms with E-state index < -0.39 is 0 Å². The topological polar surface area (TPSA) is 56.4 Å². The summed E-state index contributed by atoms with van der Waals surface area (Å²) in [4.78, 5) is 4.05.